The quantitative estimate of drug-likeness (QED) is 0.876. The molecule has 0 aliphatic rings. The minimum Gasteiger partial charge on any atom is -0.453 e. The standard InChI is InChI=1S/C12H12ClN3O2/c1-7-14-10(11(13)15-7)8-3-5-9(6-4-8)16-12(17)18-2/h3-6H,1-2H3,(H,14,15)(H,16,17). The summed E-state index contributed by atoms with van der Waals surface area (Å²) in [5.41, 5.74) is 2.22. The molecule has 0 saturated carbocycles. The topological polar surface area (TPSA) is 67.0 Å². The fraction of sp³-hybridized carbons (Fsp3) is 0.167. The number of benzene rings is 1. The number of methoxy groups -OCH3 is 1. The summed E-state index contributed by atoms with van der Waals surface area (Å²) in [6.45, 7) is 1.84. The zero-order chi connectivity index (χ0) is 13.1. The first-order valence-electron chi connectivity index (χ1n) is 5.27. The Kier molecular flexibility index (Phi) is 3.53. The summed E-state index contributed by atoms with van der Waals surface area (Å²) in [6, 6.07) is 7.17. The van der Waals surface area contributed by atoms with E-state index in [9.17, 15) is 4.79 Å². The highest BCUT2D eigenvalue weighted by atomic mass is 35.5. The number of H-pyrrole nitrogens is 1. The van der Waals surface area contributed by atoms with Crippen molar-refractivity contribution in [1.82, 2.24) is 9.97 Å². The average molecular weight is 266 g/mol. The van der Waals surface area contributed by atoms with Gasteiger partial charge in [-0.15, -0.1) is 0 Å². The van der Waals surface area contributed by atoms with Crippen LogP contribution in [0, 0.1) is 6.92 Å². The number of aromatic amines is 1. The second-order valence-electron chi connectivity index (χ2n) is 3.68. The monoisotopic (exact) mass is 265 g/mol. The summed E-state index contributed by atoms with van der Waals surface area (Å²) < 4.78 is 4.50. The number of aryl methyl sites for hydroxylation is 1. The van der Waals surface area contributed by atoms with Crippen LogP contribution in [0.25, 0.3) is 11.3 Å². The van der Waals surface area contributed by atoms with Crippen molar-refractivity contribution in [3.63, 3.8) is 0 Å². The number of imidazole rings is 1. The van der Waals surface area contributed by atoms with Crippen LogP contribution < -0.4 is 5.32 Å². The number of carbonyl (C=O) groups excluding carboxylic acids is 1. The highest BCUT2D eigenvalue weighted by Gasteiger charge is 2.08. The van der Waals surface area contributed by atoms with Crippen LogP contribution >= 0.6 is 11.6 Å². The highest BCUT2D eigenvalue weighted by molar-refractivity contribution is 6.31. The zero-order valence-electron chi connectivity index (χ0n) is 9.95. The zero-order valence-corrected chi connectivity index (χ0v) is 10.7. The first kappa shape index (κ1) is 12.4. The smallest absolute Gasteiger partial charge is 0.411 e. The van der Waals surface area contributed by atoms with Gasteiger partial charge in [-0.1, -0.05) is 23.7 Å². The maximum atomic E-state index is 11.0. The van der Waals surface area contributed by atoms with Crippen molar-refractivity contribution in [2.75, 3.05) is 12.4 Å². The molecule has 1 amide bonds. The molecule has 5 nitrogen and oxygen atoms in total. The molecule has 2 N–H and O–H groups in total. The van der Waals surface area contributed by atoms with Crippen LogP contribution in [0.4, 0.5) is 10.5 Å². The Morgan fingerprint density at radius 2 is 2.06 bits per heavy atom. The number of hydrogen-bond donors (Lipinski definition) is 2. The van der Waals surface area contributed by atoms with E-state index >= 15 is 0 Å². The summed E-state index contributed by atoms with van der Waals surface area (Å²) in [5.74, 6) is 0.756. The van der Waals surface area contributed by atoms with E-state index < -0.39 is 6.09 Å². The summed E-state index contributed by atoms with van der Waals surface area (Å²) in [4.78, 5) is 18.2. The second-order valence-corrected chi connectivity index (χ2v) is 4.06. The Bertz CT molecular complexity index is 563. The van der Waals surface area contributed by atoms with E-state index in [2.05, 4.69) is 20.0 Å². The molecule has 0 aliphatic carbocycles. The maximum absolute atomic E-state index is 11.0. The maximum Gasteiger partial charge on any atom is 0.411 e. The van der Waals surface area contributed by atoms with Gasteiger partial charge in [0.1, 0.15) is 16.7 Å². The lowest BCUT2D eigenvalue weighted by atomic mass is 10.1. The molecule has 6 heteroatoms. The third-order valence-corrected chi connectivity index (χ3v) is 2.64. The highest BCUT2D eigenvalue weighted by Crippen LogP contribution is 2.26. The molecular weight excluding hydrogens is 254 g/mol. The van der Waals surface area contributed by atoms with Crippen molar-refractivity contribution < 1.29 is 9.53 Å². The van der Waals surface area contributed by atoms with Crippen molar-refractivity contribution in [2.45, 2.75) is 6.92 Å². The molecule has 1 heterocycles. The minimum atomic E-state index is -0.503. The molecule has 0 saturated heterocycles. The molecule has 0 bridgehead atoms. The van der Waals surface area contributed by atoms with Gasteiger partial charge >= 0.3 is 6.09 Å². The third kappa shape index (κ3) is 2.62. The normalized spacial score (nSPS) is 10.2. The molecule has 0 radical (unpaired) electrons. The van der Waals surface area contributed by atoms with Gasteiger partial charge in [-0.3, -0.25) is 5.32 Å². The first-order valence-corrected chi connectivity index (χ1v) is 5.65. The summed E-state index contributed by atoms with van der Waals surface area (Å²) in [5, 5.41) is 3.07. The Morgan fingerprint density at radius 3 is 2.56 bits per heavy atom. The van der Waals surface area contributed by atoms with Crippen LogP contribution in [0.2, 0.25) is 5.15 Å². The lowest BCUT2D eigenvalue weighted by Crippen LogP contribution is -2.10. The third-order valence-electron chi connectivity index (χ3n) is 2.37. The largest absolute Gasteiger partial charge is 0.453 e. The van der Waals surface area contributed by atoms with E-state index in [0.717, 1.165) is 11.4 Å². The van der Waals surface area contributed by atoms with Gasteiger partial charge in [-0.2, -0.15) is 0 Å². The second kappa shape index (κ2) is 5.10. The molecule has 18 heavy (non-hydrogen) atoms. The number of hydrogen-bond acceptors (Lipinski definition) is 3. The van der Waals surface area contributed by atoms with E-state index in [-0.39, 0.29) is 0 Å². The number of rotatable bonds is 2. The van der Waals surface area contributed by atoms with Gasteiger partial charge in [0.15, 0.2) is 0 Å². The lowest BCUT2D eigenvalue weighted by Gasteiger charge is -2.04. The molecule has 0 aliphatic heterocycles. The van der Waals surface area contributed by atoms with Crippen molar-refractivity contribution in [1.29, 1.82) is 0 Å². The van der Waals surface area contributed by atoms with Crippen LogP contribution in [-0.4, -0.2) is 23.2 Å². The van der Waals surface area contributed by atoms with Gasteiger partial charge < -0.3 is 9.72 Å². The molecule has 94 valence electrons. The number of halogens is 1. The molecule has 0 atom stereocenters. The molecule has 0 unspecified atom stereocenters. The molecule has 1 aromatic heterocycles. The van der Waals surface area contributed by atoms with Crippen molar-refractivity contribution in [2.24, 2.45) is 0 Å². The van der Waals surface area contributed by atoms with Crippen LogP contribution in [-0.2, 0) is 4.74 Å². The van der Waals surface area contributed by atoms with Crippen LogP contribution in [0.5, 0.6) is 0 Å². The number of aromatic nitrogens is 2. The van der Waals surface area contributed by atoms with Gasteiger partial charge in [-0.25, -0.2) is 9.78 Å². The predicted octanol–water partition coefficient (Wildman–Crippen LogP) is 3.22. The molecule has 2 aromatic rings. The van der Waals surface area contributed by atoms with Crippen molar-refractivity contribution >= 4 is 23.4 Å². The number of nitrogens with one attached hydrogen (secondary N) is 2. The fourth-order valence-corrected chi connectivity index (χ4v) is 1.82. The minimum absolute atomic E-state index is 0.501. The van der Waals surface area contributed by atoms with Crippen LogP contribution in [0.1, 0.15) is 5.82 Å². The van der Waals surface area contributed by atoms with Crippen molar-refractivity contribution in [3.05, 3.63) is 35.2 Å². The number of ether oxygens (including phenoxy) is 1. The fourth-order valence-electron chi connectivity index (χ4n) is 1.53. The molecule has 0 fully saturated rings. The molecule has 0 spiro atoms. The SMILES string of the molecule is COC(=O)Nc1ccc(-c2nc(C)[nH]c2Cl)cc1. The number of anilines is 1. The summed E-state index contributed by atoms with van der Waals surface area (Å²) in [6.07, 6.45) is -0.503. The van der Waals surface area contributed by atoms with Crippen LogP contribution in [0.15, 0.2) is 24.3 Å². The summed E-state index contributed by atoms with van der Waals surface area (Å²) in [7, 11) is 1.32. The Morgan fingerprint density at radius 1 is 1.39 bits per heavy atom. The Hall–Kier alpha value is -2.01. The Labute approximate surface area is 109 Å². The molecular formula is C12H12ClN3O2. The van der Waals surface area contributed by atoms with Gasteiger partial charge in [0.2, 0.25) is 0 Å². The van der Waals surface area contributed by atoms with Crippen molar-refractivity contribution in [3.8, 4) is 11.3 Å². The van der Waals surface area contributed by atoms with E-state index in [1.165, 1.54) is 7.11 Å². The number of amides is 1. The predicted molar refractivity (Wildman–Crippen MR) is 69.8 cm³/mol. The van der Waals surface area contributed by atoms with Gasteiger partial charge in [0, 0.05) is 11.3 Å². The number of nitrogens with zero attached hydrogens (tertiary/aromatic N) is 1. The van der Waals surface area contributed by atoms with Gasteiger partial charge in [0.25, 0.3) is 0 Å². The average Bonchev–Trinajstić information content (AvgIpc) is 2.69. The van der Waals surface area contributed by atoms with Crippen LogP contribution in [0.3, 0.4) is 0 Å². The van der Waals surface area contributed by atoms with E-state index in [1.807, 2.05) is 19.1 Å². The number of carbonyl (C=O) groups is 1. The lowest BCUT2D eigenvalue weighted by molar-refractivity contribution is 0.187. The van der Waals surface area contributed by atoms with E-state index in [1.54, 1.807) is 12.1 Å². The summed E-state index contributed by atoms with van der Waals surface area (Å²) >= 11 is 6.02. The molecule has 2 rings (SSSR count). The van der Waals surface area contributed by atoms with Gasteiger partial charge in [-0.05, 0) is 19.1 Å². The van der Waals surface area contributed by atoms with E-state index in [0.29, 0.717) is 16.5 Å². The van der Waals surface area contributed by atoms with Gasteiger partial charge in [0.05, 0.1) is 7.11 Å². The first-order chi connectivity index (χ1) is 8.60. The Balaban J connectivity index is 2.22. The molecule has 1 aromatic carbocycles. The van der Waals surface area contributed by atoms with E-state index in [4.69, 9.17) is 11.6 Å².